The van der Waals surface area contributed by atoms with E-state index in [-0.39, 0.29) is 0 Å². The van der Waals surface area contributed by atoms with Crippen molar-refractivity contribution in [2.45, 2.75) is 37.5 Å². The van der Waals surface area contributed by atoms with Crippen molar-refractivity contribution in [3.05, 3.63) is 108 Å². The fourth-order valence-corrected chi connectivity index (χ4v) is 5.24. The van der Waals surface area contributed by atoms with Crippen LogP contribution in [0.4, 0.5) is 4.39 Å². The van der Waals surface area contributed by atoms with Crippen LogP contribution < -0.4 is 0 Å². The van der Waals surface area contributed by atoms with Gasteiger partial charge in [0.15, 0.2) is 12.0 Å². The van der Waals surface area contributed by atoms with Gasteiger partial charge in [-0.1, -0.05) is 91.0 Å². The molecule has 1 aliphatic rings. The summed E-state index contributed by atoms with van der Waals surface area (Å²) in [7, 11) is 1.21. The molecule has 176 valence electrons. The second-order valence-corrected chi connectivity index (χ2v) is 8.78. The summed E-state index contributed by atoms with van der Waals surface area (Å²) in [5, 5.41) is 0. The summed E-state index contributed by atoms with van der Waals surface area (Å²) in [6.07, 6.45) is -0.649. The van der Waals surface area contributed by atoms with E-state index in [1.165, 1.54) is 14.0 Å². The minimum Gasteiger partial charge on any atom is -0.469 e. The van der Waals surface area contributed by atoms with Crippen LogP contribution in [0, 0.1) is 5.92 Å². The Bertz CT molecular complexity index is 1010. The van der Waals surface area contributed by atoms with Crippen molar-refractivity contribution in [2.24, 2.45) is 5.92 Å². The standard InChI is InChI=1S/C29H30FNO3/c1-21(28(33)34-2)26(30)27(32)25-19-12-20-31(25)29(22-13-6-3-7-14-22,23-15-8-4-9-16-23)24-17-10-5-11-18-24/h3-11,13-18,21,25-26H,12,19-20H2,1-2H3/t21-,25+,26+/m1/s1. The number of hydrogen-bond donors (Lipinski definition) is 0. The summed E-state index contributed by atoms with van der Waals surface area (Å²) in [5.41, 5.74) is 2.21. The predicted octanol–water partition coefficient (Wildman–Crippen LogP) is 5.16. The predicted molar refractivity (Wildman–Crippen MR) is 130 cm³/mol. The Labute approximate surface area is 200 Å². The Morgan fingerprint density at radius 2 is 1.32 bits per heavy atom. The minimum absolute atomic E-state index is 0.529. The topological polar surface area (TPSA) is 46.6 Å². The van der Waals surface area contributed by atoms with Gasteiger partial charge >= 0.3 is 5.97 Å². The van der Waals surface area contributed by atoms with E-state index in [1.807, 2.05) is 54.6 Å². The maximum Gasteiger partial charge on any atom is 0.311 e. The maximum absolute atomic E-state index is 15.4. The van der Waals surface area contributed by atoms with Crippen molar-refractivity contribution < 1.29 is 18.7 Å². The summed E-state index contributed by atoms with van der Waals surface area (Å²) in [6.45, 7) is 2.03. The Hall–Kier alpha value is -3.31. The molecule has 3 aromatic rings. The van der Waals surface area contributed by atoms with Crippen molar-refractivity contribution in [2.75, 3.05) is 13.7 Å². The van der Waals surface area contributed by atoms with E-state index in [1.54, 1.807) is 0 Å². The van der Waals surface area contributed by atoms with Gasteiger partial charge in [0.25, 0.3) is 0 Å². The number of esters is 1. The van der Waals surface area contributed by atoms with Gasteiger partial charge in [0.2, 0.25) is 0 Å². The van der Waals surface area contributed by atoms with Gasteiger partial charge in [-0.25, -0.2) is 4.39 Å². The van der Waals surface area contributed by atoms with Crippen LogP contribution in [-0.4, -0.2) is 42.5 Å². The highest BCUT2D eigenvalue weighted by Crippen LogP contribution is 2.46. The molecule has 1 fully saturated rings. The quantitative estimate of drug-likeness (QED) is 0.345. The second-order valence-electron chi connectivity index (χ2n) is 8.78. The molecule has 3 aromatic carbocycles. The number of ether oxygens (including phenoxy) is 1. The lowest BCUT2D eigenvalue weighted by Gasteiger charge is -2.46. The SMILES string of the molecule is COC(=O)[C@H](C)[C@H](F)C(=O)[C@@H]1CCCN1C(c1ccccc1)(c1ccccc1)c1ccccc1. The van der Waals surface area contributed by atoms with Crippen molar-refractivity contribution in [3.8, 4) is 0 Å². The third-order valence-corrected chi connectivity index (χ3v) is 6.87. The van der Waals surface area contributed by atoms with Crippen LogP contribution in [0.25, 0.3) is 0 Å². The molecule has 0 radical (unpaired) electrons. The highest BCUT2D eigenvalue weighted by Gasteiger charge is 2.50. The first-order valence-electron chi connectivity index (χ1n) is 11.7. The van der Waals surface area contributed by atoms with E-state index in [2.05, 4.69) is 41.3 Å². The number of nitrogens with zero attached hydrogens (tertiary/aromatic N) is 1. The van der Waals surface area contributed by atoms with E-state index in [9.17, 15) is 9.59 Å². The molecule has 0 spiro atoms. The zero-order chi connectivity index (χ0) is 24.1. The lowest BCUT2D eigenvalue weighted by Crippen LogP contribution is -2.54. The summed E-state index contributed by atoms with van der Waals surface area (Å²) >= 11 is 0. The van der Waals surface area contributed by atoms with E-state index >= 15 is 4.39 Å². The molecule has 0 unspecified atom stereocenters. The van der Waals surface area contributed by atoms with Gasteiger partial charge in [-0.05, 0) is 36.5 Å². The van der Waals surface area contributed by atoms with Gasteiger partial charge in [0.05, 0.1) is 24.6 Å². The maximum atomic E-state index is 15.4. The molecule has 0 aliphatic carbocycles. The zero-order valence-electron chi connectivity index (χ0n) is 19.6. The fourth-order valence-electron chi connectivity index (χ4n) is 5.24. The third kappa shape index (κ3) is 4.16. The molecule has 34 heavy (non-hydrogen) atoms. The number of carbonyl (C=O) groups excluding carboxylic acids is 2. The number of halogens is 1. The van der Waals surface area contributed by atoms with Gasteiger partial charge in [0.1, 0.15) is 0 Å². The third-order valence-electron chi connectivity index (χ3n) is 6.87. The highest BCUT2D eigenvalue weighted by atomic mass is 19.1. The van der Waals surface area contributed by atoms with Crippen molar-refractivity contribution in [3.63, 3.8) is 0 Å². The van der Waals surface area contributed by atoms with Gasteiger partial charge in [-0.3, -0.25) is 14.5 Å². The summed E-state index contributed by atoms with van der Waals surface area (Å²) in [4.78, 5) is 27.7. The first-order valence-corrected chi connectivity index (χ1v) is 11.7. The molecule has 0 amide bonds. The minimum atomic E-state index is -1.93. The molecule has 0 bridgehead atoms. The number of rotatable bonds is 8. The van der Waals surface area contributed by atoms with E-state index in [4.69, 9.17) is 4.74 Å². The molecule has 3 atom stereocenters. The average molecular weight is 460 g/mol. The van der Waals surface area contributed by atoms with Crippen LogP contribution in [0.5, 0.6) is 0 Å². The molecule has 4 nitrogen and oxygen atoms in total. The normalized spacial score (nSPS) is 18.3. The van der Waals surface area contributed by atoms with E-state index in [0.29, 0.717) is 13.0 Å². The van der Waals surface area contributed by atoms with E-state index < -0.39 is 35.4 Å². The van der Waals surface area contributed by atoms with Crippen LogP contribution in [0.15, 0.2) is 91.0 Å². The van der Waals surface area contributed by atoms with Gasteiger partial charge in [-0.2, -0.15) is 0 Å². The first kappa shape index (κ1) is 23.8. The monoisotopic (exact) mass is 459 g/mol. The molecular weight excluding hydrogens is 429 g/mol. The number of ketones is 1. The van der Waals surface area contributed by atoms with Crippen LogP contribution in [-0.2, 0) is 19.9 Å². The number of methoxy groups -OCH3 is 1. The van der Waals surface area contributed by atoms with Gasteiger partial charge < -0.3 is 4.74 Å². The van der Waals surface area contributed by atoms with Gasteiger partial charge in [-0.15, -0.1) is 0 Å². The average Bonchev–Trinajstić information content (AvgIpc) is 3.39. The number of hydrogen-bond acceptors (Lipinski definition) is 4. The Morgan fingerprint density at radius 1 is 0.882 bits per heavy atom. The molecule has 0 N–H and O–H groups in total. The molecule has 1 aliphatic heterocycles. The molecule has 0 aromatic heterocycles. The molecule has 5 heteroatoms. The molecule has 4 rings (SSSR count). The molecule has 0 saturated carbocycles. The van der Waals surface area contributed by atoms with E-state index in [0.717, 1.165) is 23.1 Å². The summed E-state index contributed by atoms with van der Waals surface area (Å²) in [5.74, 6) is -2.44. The number of carbonyl (C=O) groups is 2. The molecule has 1 heterocycles. The summed E-state index contributed by atoms with van der Waals surface area (Å²) < 4.78 is 20.1. The Morgan fingerprint density at radius 3 is 1.74 bits per heavy atom. The number of alkyl halides is 1. The number of likely N-dealkylation sites (tertiary alicyclic amines) is 1. The second kappa shape index (κ2) is 10.3. The smallest absolute Gasteiger partial charge is 0.311 e. The fraction of sp³-hybridized carbons (Fsp3) is 0.310. The zero-order valence-corrected chi connectivity index (χ0v) is 19.6. The lowest BCUT2D eigenvalue weighted by atomic mass is 9.74. The summed E-state index contributed by atoms with van der Waals surface area (Å²) in [6, 6.07) is 29.5. The highest BCUT2D eigenvalue weighted by molar-refractivity contribution is 5.92. The first-order chi connectivity index (χ1) is 16.5. The van der Waals surface area contributed by atoms with Crippen LogP contribution in [0.2, 0.25) is 0 Å². The molecular formula is C29H30FNO3. The van der Waals surface area contributed by atoms with Gasteiger partial charge in [0, 0.05) is 6.54 Å². The molecule has 1 saturated heterocycles. The lowest BCUT2D eigenvalue weighted by molar-refractivity contribution is -0.150. The van der Waals surface area contributed by atoms with Crippen LogP contribution >= 0.6 is 0 Å². The van der Waals surface area contributed by atoms with Crippen molar-refractivity contribution >= 4 is 11.8 Å². The van der Waals surface area contributed by atoms with Crippen molar-refractivity contribution in [1.29, 1.82) is 0 Å². The van der Waals surface area contributed by atoms with Crippen LogP contribution in [0.3, 0.4) is 0 Å². The largest absolute Gasteiger partial charge is 0.469 e. The Balaban J connectivity index is 1.90. The number of benzene rings is 3. The van der Waals surface area contributed by atoms with Crippen molar-refractivity contribution in [1.82, 2.24) is 4.90 Å². The van der Waals surface area contributed by atoms with Crippen LogP contribution in [0.1, 0.15) is 36.5 Å². The number of Topliss-reactive ketones (excluding diaryl/α,β-unsaturated/α-hetero) is 1. The Kier molecular flexibility index (Phi) is 7.23.